The minimum Gasteiger partial charge on any atom is -0.379 e. The minimum atomic E-state index is -3.07. The Bertz CT molecular complexity index is 260. The Morgan fingerprint density at radius 3 is 2.50 bits per heavy atom. The Morgan fingerprint density at radius 2 is 2.00 bits per heavy atom. The Kier molecular flexibility index (Phi) is 4.31. The Balaban J connectivity index is 2.30. The maximum atomic E-state index is 10.9. The quantitative estimate of drug-likeness (QED) is 0.680. The summed E-state index contributed by atoms with van der Waals surface area (Å²) in [5.74, 6) is 0. The smallest absolute Gasteiger partial charge is 0.208 e. The molecule has 5 nitrogen and oxygen atoms in total. The normalized spacial score (nSPS) is 22.1. The van der Waals surface area contributed by atoms with Crippen LogP contribution in [0.25, 0.3) is 0 Å². The monoisotopic (exact) mass is 222 g/mol. The fraction of sp³-hybridized carbons (Fsp3) is 1.00. The van der Waals surface area contributed by atoms with Crippen LogP contribution in [0.1, 0.15) is 6.92 Å². The lowest BCUT2D eigenvalue weighted by atomic mass is 10.2. The molecule has 1 aliphatic heterocycles. The predicted octanol–water partition coefficient (Wildman–Crippen LogP) is -0.744. The molecule has 1 heterocycles. The summed E-state index contributed by atoms with van der Waals surface area (Å²) < 4.78 is 29.5. The van der Waals surface area contributed by atoms with E-state index in [4.69, 9.17) is 4.74 Å². The maximum Gasteiger partial charge on any atom is 0.208 e. The van der Waals surface area contributed by atoms with Gasteiger partial charge < -0.3 is 4.74 Å². The molecule has 0 radical (unpaired) electrons. The molecule has 1 N–H and O–H groups in total. The Hall–Kier alpha value is -0.170. The van der Waals surface area contributed by atoms with E-state index in [9.17, 15) is 8.42 Å². The molecule has 1 rings (SSSR count). The molecule has 1 saturated heterocycles. The summed E-state index contributed by atoms with van der Waals surface area (Å²) in [6.07, 6.45) is 1.18. The van der Waals surface area contributed by atoms with E-state index < -0.39 is 10.0 Å². The molecule has 0 unspecified atom stereocenters. The molecule has 1 aliphatic rings. The topological polar surface area (TPSA) is 58.6 Å². The van der Waals surface area contributed by atoms with Crippen LogP contribution in [0, 0.1) is 0 Å². The van der Waals surface area contributed by atoms with Crippen molar-refractivity contribution in [2.24, 2.45) is 0 Å². The molecule has 0 amide bonds. The fourth-order valence-corrected chi connectivity index (χ4v) is 1.96. The largest absolute Gasteiger partial charge is 0.379 e. The third kappa shape index (κ3) is 4.36. The van der Waals surface area contributed by atoms with Crippen LogP contribution in [0.2, 0.25) is 0 Å². The van der Waals surface area contributed by atoms with Gasteiger partial charge >= 0.3 is 0 Å². The minimum absolute atomic E-state index is 0.230. The molecule has 84 valence electrons. The lowest BCUT2D eigenvalue weighted by Crippen LogP contribution is -2.47. The summed E-state index contributed by atoms with van der Waals surface area (Å²) in [5.41, 5.74) is 0. The average molecular weight is 222 g/mol. The number of hydrogen-bond donors (Lipinski definition) is 1. The SMILES string of the molecule is C[C@H](CNS(C)(=O)=O)N1CCOCC1. The van der Waals surface area contributed by atoms with Crippen LogP contribution in [0.3, 0.4) is 0 Å². The number of morpholine rings is 1. The second kappa shape index (κ2) is 5.06. The van der Waals surface area contributed by atoms with Gasteiger partial charge in [-0.2, -0.15) is 0 Å². The zero-order valence-electron chi connectivity index (χ0n) is 8.69. The lowest BCUT2D eigenvalue weighted by Gasteiger charge is -2.32. The molecule has 6 heteroatoms. The highest BCUT2D eigenvalue weighted by Crippen LogP contribution is 2.02. The second-order valence-electron chi connectivity index (χ2n) is 3.62. The van der Waals surface area contributed by atoms with Gasteiger partial charge in [-0.25, -0.2) is 13.1 Å². The van der Waals surface area contributed by atoms with Crippen LogP contribution in [-0.2, 0) is 14.8 Å². The number of rotatable bonds is 4. The van der Waals surface area contributed by atoms with Crippen LogP contribution in [0.4, 0.5) is 0 Å². The number of sulfonamides is 1. The molecule has 0 bridgehead atoms. The van der Waals surface area contributed by atoms with E-state index in [0.717, 1.165) is 26.3 Å². The molecule has 1 fully saturated rings. The van der Waals surface area contributed by atoms with Crippen molar-refractivity contribution in [2.75, 3.05) is 39.1 Å². The summed E-state index contributed by atoms with van der Waals surface area (Å²) in [6.45, 7) is 5.73. The highest BCUT2D eigenvalue weighted by molar-refractivity contribution is 7.88. The van der Waals surface area contributed by atoms with Crippen LogP contribution in [0.15, 0.2) is 0 Å². The zero-order valence-corrected chi connectivity index (χ0v) is 9.51. The summed E-state index contributed by atoms with van der Waals surface area (Å²) in [4.78, 5) is 2.22. The van der Waals surface area contributed by atoms with E-state index in [2.05, 4.69) is 9.62 Å². The highest BCUT2D eigenvalue weighted by Gasteiger charge is 2.17. The standard InChI is InChI=1S/C8H18N2O3S/c1-8(7-9-14(2,11)12)10-3-5-13-6-4-10/h8-9H,3-7H2,1-2H3/t8-/m1/s1. The van der Waals surface area contributed by atoms with Gasteiger partial charge in [-0.1, -0.05) is 0 Å². The van der Waals surface area contributed by atoms with Gasteiger partial charge in [-0.15, -0.1) is 0 Å². The summed E-state index contributed by atoms with van der Waals surface area (Å²) in [5, 5.41) is 0. The molecule has 0 aliphatic carbocycles. The van der Waals surface area contributed by atoms with Gasteiger partial charge in [0.2, 0.25) is 10.0 Å². The molecule has 14 heavy (non-hydrogen) atoms. The Morgan fingerprint density at radius 1 is 1.43 bits per heavy atom. The van der Waals surface area contributed by atoms with Crippen molar-refractivity contribution in [3.8, 4) is 0 Å². The van der Waals surface area contributed by atoms with Gasteiger partial charge in [0.05, 0.1) is 19.5 Å². The summed E-state index contributed by atoms with van der Waals surface area (Å²) in [6, 6.07) is 0.230. The van der Waals surface area contributed by atoms with Crippen molar-refractivity contribution >= 4 is 10.0 Å². The first-order valence-electron chi connectivity index (χ1n) is 4.75. The van der Waals surface area contributed by atoms with E-state index in [1.165, 1.54) is 6.26 Å². The van der Waals surface area contributed by atoms with Crippen LogP contribution >= 0.6 is 0 Å². The predicted molar refractivity (Wildman–Crippen MR) is 54.7 cm³/mol. The number of hydrogen-bond acceptors (Lipinski definition) is 4. The molecule has 0 aromatic carbocycles. The third-order valence-electron chi connectivity index (χ3n) is 2.31. The number of ether oxygens (including phenoxy) is 1. The first-order valence-corrected chi connectivity index (χ1v) is 6.64. The summed E-state index contributed by atoms with van der Waals surface area (Å²) >= 11 is 0. The van der Waals surface area contributed by atoms with E-state index in [-0.39, 0.29) is 6.04 Å². The average Bonchev–Trinajstić information content (AvgIpc) is 2.14. The van der Waals surface area contributed by atoms with E-state index in [1.54, 1.807) is 0 Å². The maximum absolute atomic E-state index is 10.9. The highest BCUT2D eigenvalue weighted by atomic mass is 32.2. The van der Waals surface area contributed by atoms with Crippen molar-refractivity contribution in [1.29, 1.82) is 0 Å². The van der Waals surface area contributed by atoms with Gasteiger partial charge in [-0.3, -0.25) is 4.90 Å². The van der Waals surface area contributed by atoms with Crippen LogP contribution in [-0.4, -0.2) is 58.5 Å². The van der Waals surface area contributed by atoms with Crippen LogP contribution in [0.5, 0.6) is 0 Å². The van der Waals surface area contributed by atoms with Crippen molar-refractivity contribution in [3.05, 3.63) is 0 Å². The lowest BCUT2D eigenvalue weighted by molar-refractivity contribution is 0.0213. The van der Waals surface area contributed by atoms with E-state index in [1.807, 2.05) is 6.92 Å². The fourth-order valence-electron chi connectivity index (χ4n) is 1.42. The second-order valence-corrected chi connectivity index (χ2v) is 5.45. The van der Waals surface area contributed by atoms with Crippen molar-refractivity contribution in [1.82, 2.24) is 9.62 Å². The molecular formula is C8H18N2O3S. The van der Waals surface area contributed by atoms with Gasteiger partial charge in [0, 0.05) is 25.7 Å². The molecule has 0 aromatic heterocycles. The third-order valence-corrected chi connectivity index (χ3v) is 3.00. The van der Waals surface area contributed by atoms with Crippen molar-refractivity contribution in [2.45, 2.75) is 13.0 Å². The van der Waals surface area contributed by atoms with E-state index in [0.29, 0.717) is 6.54 Å². The molecule has 0 spiro atoms. The van der Waals surface area contributed by atoms with Gasteiger partial charge in [-0.05, 0) is 6.92 Å². The zero-order chi connectivity index (χ0) is 10.6. The Labute approximate surface area is 85.5 Å². The van der Waals surface area contributed by atoms with Crippen molar-refractivity contribution in [3.63, 3.8) is 0 Å². The molecule has 1 atom stereocenters. The van der Waals surface area contributed by atoms with Crippen molar-refractivity contribution < 1.29 is 13.2 Å². The summed E-state index contributed by atoms with van der Waals surface area (Å²) in [7, 11) is -3.07. The van der Waals surface area contributed by atoms with Gasteiger partial charge in [0.1, 0.15) is 0 Å². The number of nitrogens with one attached hydrogen (secondary N) is 1. The van der Waals surface area contributed by atoms with Gasteiger partial charge in [0.25, 0.3) is 0 Å². The first kappa shape index (κ1) is 11.9. The molecule has 0 aromatic rings. The van der Waals surface area contributed by atoms with Crippen LogP contribution < -0.4 is 4.72 Å². The first-order chi connectivity index (χ1) is 6.49. The number of nitrogens with zero attached hydrogens (tertiary/aromatic N) is 1. The van der Waals surface area contributed by atoms with E-state index >= 15 is 0 Å². The molecule has 0 saturated carbocycles. The molecular weight excluding hydrogens is 204 g/mol. The van der Waals surface area contributed by atoms with Gasteiger partial charge in [0.15, 0.2) is 0 Å².